The van der Waals surface area contributed by atoms with Crippen LogP contribution in [0.4, 0.5) is 0 Å². The van der Waals surface area contributed by atoms with Gasteiger partial charge in [-0.2, -0.15) is 0 Å². The number of likely N-dealkylation sites (N-methyl/N-ethyl adjacent to an activating group) is 1. The highest BCUT2D eigenvalue weighted by molar-refractivity contribution is 5.93. The standard InChI is InChI=1S/C21H25NO4/c1-5-25-18-11-9-17(10-12-18)13-22(4)20(23)14-26-21(24)19-8-6-7-15(2)16(19)3/h6-12H,5,13-14H2,1-4H3. The molecule has 0 aliphatic heterocycles. The van der Waals surface area contributed by atoms with Crippen molar-refractivity contribution in [2.75, 3.05) is 20.3 Å². The van der Waals surface area contributed by atoms with Crippen molar-refractivity contribution in [3.63, 3.8) is 0 Å². The van der Waals surface area contributed by atoms with Crippen molar-refractivity contribution in [3.8, 4) is 5.75 Å². The number of hydrogen-bond acceptors (Lipinski definition) is 4. The Balaban J connectivity index is 1.88. The minimum atomic E-state index is -0.478. The fourth-order valence-electron chi connectivity index (χ4n) is 2.51. The molecule has 0 heterocycles. The van der Waals surface area contributed by atoms with E-state index in [1.54, 1.807) is 19.2 Å². The van der Waals surface area contributed by atoms with E-state index in [0.717, 1.165) is 22.4 Å². The van der Waals surface area contributed by atoms with Crippen LogP contribution >= 0.6 is 0 Å². The third-order valence-corrected chi connectivity index (χ3v) is 4.23. The SMILES string of the molecule is CCOc1ccc(CN(C)C(=O)COC(=O)c2cccc(C)c2C)cc1. The lowest BCUT2D eigenvalue weighted by molar-refractivity contribution is -0.133. The third-order valence-electron chi connectivity index (χ3n) is 4.23. The molecule has 2 rings (SSSR count). The first-order valence-electron chi connectivity index (χ1n) is 8.61. The Morgan fingerprint density at radius 3 is 2.38 bits per heavy atom. The lowest BCUT2D eigenvalue weighted by Gasteiger charge is -2.18. The summed E-state index contributed by atoms with van der Waals surface area (Å²) in [4.78, 5) is 26.0. The van der Waals surface area contributed by atoms with E-state index < -0.39 is 5.97 Å². The summed E-state index contributed by atoms with van der Waals surface area (Å²) in [6, 6.07) is 13.0. The molecule has 2 aromatic carbocycles. The molecule has 0 aliphatic rings. The van der Waals surface area contributed by atoms with Crippen molar-refractivity contribution >= 4 is 11.9 Å². The van der Waals surface area contributed by atoms with Crippen LogP contribution < -0.4 is 4.74 Å². The molecular formula is C21H25NO4. The van der Waals surface area contributed by atoms with E-state index in [1.165, 1.54) is 4.90 Å². The van der Waals surface area contributed by atoms with E-state index in [9.17, 15) is 9.59 Å². The van der Waals surface area contributed by atoms with Gasteiger partial charge in [0.1, 0.15) is 5.75 Å². The Morgan fingerprint density at radius 1 is 1.04 bits per heavy atom. The number of aryl methyl sites for hydroxylation is 1. The van der Waals surface area contributed by atoms with Crippen molar-refractivity contribution in [2.45, 2.75) is 27.3 Å². The van der Waals surface area contributed by atoms with Gasteiger partial charge in [0.25, 0.3) is 5.91 Å². The van der Waals surface area contributed by atoms with E-state index >= 15 is 0 Å². The Labute approximate surface area is 154 Å². The fourth-order valence-corrected chi connectivity index (χ4v) is 2.51. The van der Waals surface area contributed by atoms with E-state index in [4.69, 9.17) is 9.47 Å². The number of carbonyl (C=O) groups excluding carboxylic acids is 2. The molecule has 26 heavy (non-hydrogen) atoms. The maximum Gasteiger partial charge on any atom is 0.338 e. The number of amides is 1. The summed E-state index contributed by atoms with van der Waals surface area (Å²) in [7, 11) is 1.69. The molecular weight excluding hydrogens is 330 g/mol. The average molecular weight is 355 g/mol. The molecule has 5 nitrogen and oxygen atoms in total. The molecule has 0 aliphatic carbocycles. The second kappa shape index (κ2) is 9.04. The summed E-state index contributed by atoms with van der Waals surface area (Å²) in [6.07, 6.45) is 0. The van der Waals surface area contributed by atoms with Crippen molar-refractivity contribution in [1.29, 1.82) is 0 Å². The van der Waals surface area contributed by atoms with Gasteiger partial charge in [0, 0.05) is 13.6 Å². The highest BCUT2D eigenvalue weighted by Crippen LogP contribution is 2.15. The second-order valence-electron chi connectivity index (χ2n) is 6.15. The van der Waals surface area contributed by atoms with Crippen molar-refractivity contribution in [3.05, 3.63) is 64.7 Å². The monoisotopic (exact) mass is 355 g/mol. The van der Waals surface area contributed by atoms with E-state index in [-0.39, 0.29) is 12.5 Å². The third kappa shape index (κ3) is 5.09. The predicted molar refractivity (Wildman–Crippen MR) is 100 cm³/mol. The van der Waals surface area contributed by atoms with Gasteiger partial charge in [-0.15, -0.1) is 0 Å². The molecule has 0 atom stereocenters. The molecule has 0 radical (unpaired) electrons. The van der Waals surface area contributed by atoms with Gasteiger partial charge in [-0.3, -0.25) is 4.79 Å². The van der Waals surface area contributed by atoms with Gasteiger partial charge in [0.05, 0.1) is 12.2 Å². The van der Waals surface area contributed by atoms with Crippen molar-refractivity contribution in [2.24, 2.45) is 0 Å². The van der Waals surface area contributed by atoms with Crippen LogP contribution in [-0.2, 0) is 16.1 Å². The normalized spacial score (nSPS) is 10.3. The molecule has 0 unspecified atom stereocenters. The van der Waals surface area contributed by atoms with Crippen LogP contribution in [0.1, 0.15) is 34.0 Å². The van der Waals surface area contributed by atoms with E-state index in [0.29, 0.717) is 18.7 Å². The number of carbonyl (C=O) groups is 2. The van der Waals surface area contributed by atoms with Gasteiger partial charge < -0.3 is 14.4 Å². The molecule has 0 spiro atoms. The number of nitrogens with zero attached hydrogens (tertiary/aromatic N) is 1. The van der Waals surface area contributed by atoms with Crippen LogP contribution in [-0.4, -0.2) is 37.0 Å². The van der Waals surface area contributed by atoms with Crippen LogP contribution in [0.2, 0.25) is 0 Å². The van der Waals surface area contributed by atoms with Gasteiger partial charge in [-0.25, -0.2) is 4.79 Å². The molecule has 2 aromatic rings. The Kier molecular flexibility index (Phi) is 6.78. The quantitative estimate of drug-likeness (QED) is 0.713. The summed E-state index contributed by atoms with van der Waals surface area (Å²) in [6.45, 7) is 6.50. The first-order valence-corrected chi connectivity index (χ1v) is 8.61. The highest BCUT2D eigenvalue weighted by Gasteiger charge is 2.16. The minimum Gasteiger partial charge on any atom is -0.494 e. The Hall–Kier alpha value is -2.82. The Morgan fingerprint density at radius 2 is 1.73 bits per heavy atom. The van der Waals surface area contributed by atoms with Gasteiger partial charge in [0.15, 0.2) is 6.61 Å². The summed E-state index contributed by atoms with van der Waals surface area (Å²) in [5.74, 6) is 0.0687. The summed E-state index contributed by atoms with van der Waals surface area (Å²) >= 11 is 0. The maximum absolute atomic E-state index is 12.2. The molecule has 0 saturated heterocycles. The van der Waals surface area contributed by atoms with Crippen molar-refractivity contribution < 1.29 is 19.1 Å². The first kappa shape index (κ1) is 19.5. The van der Waals surface area contributed by atoms with Gasteiger partial charge >= 0.3 is 5.97 Å². The maximum atomic E-state index is 12.2. The largest absolute Gasteiger partial charge is 0.494 e. The molecule has 0 bridgehead atoms. The van der Waals surface area contributed by atoms with Gasteiger partial charge in [-0.05, 0) is 55.7 Å². The molecule has 0 saturated carbocycles. The summed E-state index contributed by atoms with van der Waals surface area (Å²) in [5.41, 5.74) is 3.35. The second-order valence-corrected chi connectivity index (χ2v) is 6.15. The fraction of sp³-hybridized carbons (Fsp3) is 0.333. The van der Waals surface area contributed by atoms with Gasteiger partial charge in [-0.1, -0.05) is 24.3 Å². The van der Waals surface area contributed by atoms with Gasteiger partial charge in [0.2, 0.25) is 0 Å². The highest BCUT2D eigenvalue weighted by atomic mass is 16.5. The molecule has 0 fully saturated rings. The molecule has 5 heteroatoms. The minimum absolute atomic E-state index is 0.252. The summed E-state index contributed by atoms with van der Waals surface area (Å²) < 4.78 is 10.6. The average Bonchev–Trinajstić information content (AvgIpc) is 2.63. The molecule has 0 aromatic heterocycles. The first-order chi connectivity index (χ1) is 12.4. The topological polar surface area (TPSA) is 55.8 Å². The van der Waals surface area contributed by atoms with E-state index in [2.05, 4.69) is 0 Å². The molecule has 0 N–H and O–H groups in total. The van der Waals surface area contributed by atoms with Crippen LogP contribution in [0.25, 0.3) is 0 Å². The lowest BCUT2D eigenvalue weighted by Crippen LogP contribution is -2.30. The number of ether oxygens (including phenoxy) is 2. The molecule has 138 valence electrons. The van der Waals surface area contributed by atoms with Crippen LogP contribution in [0.3, 0.4) is 0 Å². The zero-order valence-corrected chi connectivity index (χ0v) is 15.7. The van der Waals surface area contributed by atoms with Crippen molar-refractivity contribution in [1.82, 2.24) is 4.90 Å². The van der Waals surface area contributed by atoms with Crippen LogP contribution in [0.5, 0.6) is 5.75 Å². The summed E-state index contributed by atoms with van der Waals surface area (Å²) in [5, 5.41) is 0. The molecule has 1 amide bonds. The van der Waals surface area contributed by atoms with E-state index in [1.807, 2.05) is 51.1 Å². The van der Waals surface area contributed by atoms with Crippen LogP contribution in [0, 0.1) is 13.8 Å². The lowest BCUT2D eigenvalue weighted by atomic mass is 10.0. The number of benzene rings is 2. The van der Waals surface area contributed by atoms with Crippen LogP contribution in [0.15, 0.2) is 42.5 Å². The number of rotatable bonds is 7. The smallest absolute Gasteiger partial charge is 0.338 e. The Bertz CT molecular complexity index is 768. The number of esters is 1. The zero-order chi connectivity index (χ0) is 19.1. The predicted octanol–water partition coefficient (Wildman–Crippen LogP) is 3.52. The number of hydrogen-bond donors (Lipinski definition) is 0. The zero-order valence-electron chi connectivity index (χ0n) is 15.7.